The van der Waals surface area contributed by atoms with Gasteiger partial charge in [-0.05, 0) is 37.5 Å². The van der Waals surface area contributed by atoms with Crippen LogP contribution in [0.25, 0.3) is 11.3 Å². The number of rotatable bonds is 5. The van der Waals surface area contributed by atoms with Crippen LogP contribution < -0.4 is 5.32 Å². The lowest BCUT2D eigenvalue weighted by Gasteiger charge is -2.13. The van der Waals surface area contributed by atoms with Gasteiger partial charge in [0.25, 0.3) is 0 Å². The molecule has 26 heavy (non-hydrogen) atoms. The maximum Gasteiger partial charge on any atom is 0.226 e. The number of nitrogens with one attached hydrogen (secondary N) is 1. The molecule has 0 bridgehead atoms. The lowest BCUT2D eigenvalue weighted by atomic mass is 9.94. The van der Waals surface area contributed by atoms with Gasteiger partial charge in [-0.25, -0.2) is 4.98 Å². The molecule has 1 aliphatic rings. The quantitative estimate of drug-likeness (QED) is 0.608. The van der Waals surface area contributed by atoms with Crippen molar-refractivity contribution in [2.45, 2.75) is 31.1 Å². The van der Waals surface area contributed by atoms with Gasteiger partial charge < -0.3 is 5.32 Å². The third kappa shape index (κ3) is 3.84. The van der Waals surface area contributed by atoms with Gasteiger partial charge in [0.2, 0.25) is 5.91 Å². The van der Waals surface area contributed by atoms with Crippen LogP contribution in [-0.4, -0.2) is 16.6 Å². The number of carbonyl (C=O) groups is 1. The van der Waals surface area contributed by atoms with E-state index in [9.17, 15) is 4.79 Å². The summed E-state index contributed by atoms with van der Waals surface area (Å²) in [6.07, 6.45) is 2.54. The molecule has 2 aromatic carbocycles. The average Bonchev–Trinajstić information content (AvgIpc) is 3.06. The van der Waals surface area contributed by atoms with Gasteiger partial charge >= 0.3 is 0 Å². The third-order valence-electron chi connectivity index (χ3n) is 4.46. The summed E-state index contributed by atoms with van der Waals surface area (Å²) in [5.41, 5.74) is 4.85. The minimum Gasteiger partial charge on any atom is -0.302 e. The summed E-state index contributed by atoms with van der Waals surface area (Å²) in [6, 6.07) is 16.8. The van der Waals surface area contributed by atoms with Gasteiger partial charge in [0, 0.05) is 27.5 Å². The van der Waals surface area contributed by atoms with Gasteiger partial charge in [0.15, 0.2) is 5.13 Å². The molecule has 1 aromatic heterocycles. The predicted octanol–water partition coefficient (Wildman–Crippen LogP) is 5.34. The Bertz CT molecular complexity index is 931. The second-order valence-corrected chi connectivity index (χ2v) is 8.66. The number of fused-ring (bicyclic) bond motifs is 3. The number of aryl methyl sites for hydroxylation is 3. The first-order chi connectivity index (χ1) is 12.7. The first-order valence-corrected chi connectivity index (χ1v) is 10.6. The highest BCUT2D eigenvalue weighted by Crippen LogP contribution is 2.37. The highest BCUT2D eigenvalue weighted by molar-refractivity contribution is 7.99. The molecule has 0 unspecified atom stereocenters. The van der Waals surface area contributed by atoms with Crippen molar-refractivity contribution in [3.05, 3.63) is 64.5 Å². The highest BCUT2D eigenvalue weighted by atomic mass is 32.2. The second-order valence-electron chi connectivity index (χ2n) is 6.41. The van der Waals surface area contributed by atoms with Crippen molar-refractivity contribution in [2.75, 3.05) is 11.1 Å². The Hall–Kier alpha value is -2.11. The molecule has 3 aromatic rings. The van der Waals surface area contributed by atoms with Crippen LogP contribution in [0.4, 0.5) is 5.13 Å². The van der Waals surface area contributed by atoms with E-state index in [4.69, 9.17) is 0 Å². The van der Waals surface area contributed by atoms with E-state index in [0.717, 1.165) is 29.4 Å². The maximum atomic E-state index is 12.3. The summed E-state index contributed by atoms with van der Waals surface area (Å²) < 4.78 is 0. The van der Waals surface area contributed by atoms with Crippen molar-refractivity contribution in [3.63, 3.8) is 0 Å². The standard InChI is InChI=1S/C21H20N2OS2/c1-14-6-9-16(10-7-14)25-13-12-19(24)22-21-23-20-17-5-3-2-4-15(17)8-11-18(20)26-21/h2-7,9-10H,8,11-13H2,1H3,(H,22,23,24). The largest absolute Gasteiger partial charge is 0.302 e. The number of carbonyl (C=O) groups excluding carboxylic acids is 1. The third-order valence-corrected chi connectivity index (χ3v) is 6.50. The molecule has 0 saturated heterocycles. The van der Waals surface area contributed by atoms with Crippen LogP contribution >= 0.6 is 23.1 Å². The van der Waals surface area contributed by atoms with Crippen LogP contribution in [0, 0.1) is 6.92 Å². The monoisotopic (exact) mass is 380 g/mol. The van der Waals surface area contributed by atoms with E-state index in [0.29, 0.717) is 6.42 Å². The molecular weight excluding hydrogens is 360 g/mol. The van der Waals surface area contributed by atoms with Gasteiger partial charge in [-0.3, -0.25) is 4.79 Å². The van der Waals surface area contributed by atoms with Crippen molar-refractivity contribution in [1.29, 1.82) is 0 Å². The molecule has 3 nitrogen and oxygen atoms in total. The van der Waals surface area contributed by atoms with E-state index < -0.39 is 0 Å². The number of hydrogen-bond donors (Lipinski definition) is 1. The molecule has 4 rings (SSSR count). The Labute approximate surface area is 161 Å². The van der Waals surface area contributed by atoms with Crippen LogP contribution in [0.5, 0.6) is 0 Å². The highest BCUT2D eigenvalue weighted by Gasteiger charge is 2.21. The predicted molar refractivity (Wildman–Crippen MR) is 110 cm³/mol. The Morgan fingerprint density at radius 2 is 1.96 bits per heavy atom. The van der Waals surface area contributed by atoms with Crippen molar-refractivity contribution in [1.82, 2.24) is 4.98 Å². The van der Waals surface area contributed by atoms with E-state index in [1.54, 1.807) is 23.1 Å². The fraction of sp³-hybridized carbons (Fsp3) is 0.238. The smallest absolute Gasteiger partial charge is 0.226 e. The zero-order chi connectivity index (χ0) is 17.9. The molecule has 0 saturated carbocycles. The Morgan fingerprint density at radius 1 is 1.15 bits per heavy atom. The van der Waals surface area contributed by atoms with Gasteiger partial charge in [-0.15, -0.1) is 23.1 Å². The molecule has 1 heterocycles. The zero-order valence-corrected chi connectivity index (χ0v) is 16.3. The van der Waals surface area contributed by atoms with E-state index in [1.807, 2.05) is 6.07 Å². The molecule has 0 aliphatic heterocycles. The van der Waals surface area contributed by atoms with Crippen molar-refractivity contribution >= 4 is 34.1 Å². The molecule has 0 fully saturated rings. The number of hydrogen-bond acceptors (Lipinski definition) is 4. The fourth-order valence-corrected chi connectivity index (χ4v) is 4.92. The molecular formula is C21H20N2OS2. The maximum absolute atomic E-state index is 12.3. The Kier molecular flexibility index (Phi) is 5.09. The number of anilines is 1. The molecule has 132 valence electrons. The van der Waals surface area contributed by atoms with E-state index in [1.165, 1.54) is 26.5 Å². The second kappa shape index (κ2) is 7.64. The summed E-state index contributed by atoms with van der Waals surface area (Å²) in [6.45, 7) is 2.08. The van der Waals surface area contributed by atoms with Crippen molar-refractivity contribution < 1.29 is 4.79 Å². The number of thiazole rings is 1. The number of benzene rings is 2. The Balaban J connectivity index is 1.36. The lowest BCUT2D eigenvalue weighted by molar-refractivity contribution is -0.115. The van der Waals surface area contributed by atoms with Gasteiger partial charge in [-0.2, -0.15) is 0 Å². The topological polar surface area (TPSA) is 42.0 Å². The molecule has 5 heteroatoms. The van der Waals surface area contributed by atoms with E-state index >= 15 is 0 Å². The van der Waals surface area contributed by atoms with E-state index in [2.05, 4.69) is 59.7 Å². The lowest BCUT2D eigenvalue weighted by Crippen LogP contribution is -2.11. The number of nitrogens with zero attached hydrogens (tertiary/aromatic N) is 1. The Morgan fingerprint density at radius 3 is 2.81 bits per heavy atom. The van der Waals surface area contributed by atoms with Gasteiger partial charge in [0.05, 0.1) is 5.69 Å². The minimum absolute atomic E-state index is 0.0315. The van der Waals surface area contributed by atoms with Crippen molar-refractivity contribution in [2.24, 2.45) is 0 Å². The summed E-state index contributed by atoms with van der Waals surface area (Å²) in [7, 11) is 0. The normalized spacial score (nSPS) is 12.3. The van der Waals surface area contributed by atoms with Gasteiger partial charge in [-0.1, -0.05) is 42.0 Å². The summed E-state index contributed by atoms with van der Waals surface area (Å²) in [5, 5.41) is 3.70. The van der Waals surface area contributed by atoms with Crippen LogP contribution in [-0.2, 0) is 17.6 Å². The van der Waals surface area contributed by atoms with Crippen LogP contribution in [0.1, 0.15) is 22.4 Å². The zero-order valence-electron chi connectivity index (χ0n) is 14.6. The van der Waals surface area contributed by atoms with Crippen LogP contribution in [0.15, 0.2) is 53.4 Å². The van der Waals surface area contributed by atoms with Crippen LogP contribution in [0.2, 0.25) is 0 Å². The molecule has 1 aliphatic carbocycles. The first-order valence-electron chi connectivity index (χ1n) is 8.76. The molecule has 0 atom stereocenters. The SMILES string of the molecule is Cc1ccc(SCCC(=O)Nc2nc3c(s2)CCc2ccccc2-3)cc1. The number of thioether (sulfide) groups is 1. The molecule has 0 spiro atoms. The van der Waals surface area contributed by atoms with Gasteiger partial charge in [0.1, 0.15) is 0 Å². The first kappa shape index (κ1) is 17.3. The average molecular weight is 381 g/mol. The fourth-order valence-electron chi connectivity index (χ4n) is 3.08. The van der Waals surface area contributed by atoms with E-state index in [-0.39, 0.29) is 5.91 Å². The molecule has 1 N–H and O–H groups in total. The molecule has 0 radical (unpaired) electrons. The minimum atomic E-state index is 0.0315. The summed E-state index contributed by atoms with van der Waals surface area (Å²) in [4.78, 5) is 19.4. The van der Waals surface area contributed by atoms with Crippen LogP contribution in [0.3, 0.4) is 0 Å². The summed E-state index contributed by atoms with van der Waals surface area (Å²) >= 11 is 3.32. The summed E-state index contributed by atoms with van der Waals surface area (Å²) in [5.74, 6) is 0.798. The van der Waals surface area contributed by atoms with Crippen molar-refractivity contribution in [3.8, 4) is 11.3 Å². The number of aromatic nitrogens is 1. The molecule has 1 amide bonds. The number of amides is 1.